The minimum atomic E-state index is -1.95. The maximum absolute atomic E-state index is 12.1. The summed E-state index contributed by atoms with van der Waals surface area (Å²) in [5.74, 6) is -0.462. The molecule has 0 bridgehead atoms. The molecule has 0 saturated heterocycles. The molecule has 1 aliphatic heterocycles. The average Bonchev–Trinajstić information content (AvgIpc) is 2.55. The highest BCUT2D eigenvalue weighted by Gasteiger charge is 2.39. The Bertz CT molecular complexity index is 606. The Balaban J connectivity index is 1.95. The lowest BCUT2D eigenvalue weighted by atomic mass is 10.1. The molecule has 0 amide bonds. The number of hydrogen-bond acceptors (Lipinski definition) is 5. The summed E-state index contributed by atoms with van der Waals surface area (Å²) in [6.45, 7) is 11.0. The van der Waals surface area contributed by atoms with Crippen LogP contribution in [-0.2, 0) is 13.9 Å². The van der Waals surface area contributed by atoms with E-state index in [0.29, 0.717) is 5.56 Å². The topological polar surface area (TPSA) is 65.0 Å². The van der Waals surface area contributed by atoms with E-state index in [4.69, 9.17) is 13.9 Å². The van der Waals surface area contributed by atoms with Crippen molar-refractivity contribution >= 4 is 14.3 Å². The first-order valence-electron chi connectivity index (χ1n) is 8.52. The lowest BCUT2D eigenvalue weighted by Gasteiger charge is -2.38. The highest BCUT2D eigenvalue weighted by Crippen LogP contribution is 2.36. The van der Waals surface area contributed by atoms with E-state index >= 15 is 0 Å². The fourth-order valence-electron chi connectivity index (χ4n) is 2.09. The molecule has 1 aromatic carbocycles. The molecular weight excluding hydrogens is 336 g/mol. The Kier molecular flexibility index (Phi) is 6.21. The molecule has 0 saturated carbocycles. The van der Waals surface area contributed by atoms with Gasteiger partial charge in [-0.3, -0.25) is 0 Å². The molecule has 2 rings (SSSR count). The van der Waals surface area contributed by atoms with Crippen LogP contribution in [0.5, 0.6) is 0 Å². The smallest absolute Gasteiger partial charge is 0.340 e. The molecule has 1 heterocycles. The van der Waals surface area contributed by atoms with Crippen LogP contribution in [0, 0.1) is 0 Å². The minimum absolute atomic E-state index is 0.0711. The highest BCUT2D eigenvalue weighted by molar-refractivity contribution is 6.74. The molecule has 0 spiro atoms. The number of hydrogen-bond donors (Lipinski definition) is 1. The largest absolute Gasteiger partial charge is 0.428 e. The van der Waals surface area contributed by atoms with Gasteiger partial charge in [0.2, 0.25) is 6.29 Å². The Morgan fingerprint density at radius 2 is 1.84 bits per heavy atom. The maximum Gasteiger partial charge on any atom is 0.340 e. The minimum Gasteiger partial charge on any atom is -0.428 e. The fraction of sp³-hybridized carbons (Fsp3) is 0.526. The molecule has 1 aliphatic rings. The SMILES string of the molecule is CC(C)(C)[Si](C)(C)OC[C@H]1O[C@H](OC(=O)c2ccccc2)C=C[C@@H]1O. The Morgan fingerprint density at radius 3 is 2.44 bits per heavy atom. The van der Waals surface area contributed by atoms with Crippen molar-refractivity contribution in [1.82, 2.24) is 0 Å². The molecule has 138 valence electrons. The van der Waals surface area contributed by atoms with Crippen molar-refractivity contribution in [2.45, 2.75) is 57.4 Å². The normalized spacial score (nSPS) is 24.2. The van der Waals surface area contributed by atoms with Crippen molar-refractivity contribution in [3.8, 4) is 0 Å². The van der Waals surface area contributed by atoms with Crippen LogP contribution in [0.4, 0.5) is 0 Å². The van der Waals surface area contributed by atoms with Gasteiger partial charge in [0.25, 0.3) is 0 Å². The predicted octanol–water partition coefficient (Wildman–Crippen LogP) is 3.51. The molecule has 3 atom stereocenters. The highest BCUT2D eigenvalue weighted by atomic mass is 28.4. The van der Waals surface area contributed by atoms with Crippen molar-refractivity contribution in [2.75, 3.05) is 6.61 Å². The van der Waals surface area contributed by atoms with E-state index in [1.54, 1.807) is 36.4 Å². The number of carbonyl (C=O) groups excluding carboxylic acids is 1. The molecule has 6 heteroatoms. The van der Waals surface area contributed by atoms with E-state index in [0.717, 1.165) is 0 Å². The van der Waals surface area contributed by atoms with Crippen molar-refractivity contribution in [2.24, 2.45) is 0 Å². The van der Waals surface area contributed by atoms with E-state index in [2.05, 4.69) is 33.9 Å². The Labute approximate surface area is 150 Å². The molecule has 1 aromatic rings. The van der Waals surface area contributed by atoms with Crippen molar-refractivity contribution in [3.63, 3.8) is 0 Å². The van der Waals surface area contributed by atoms with Gasteiger partial charge in [0.15, 0.2) is 8.32 Å². The zero-order chi connectivity index (χ0) is 18.7. The van der Waals surface area contributed by atoms with Crippen molar-refractivity contribution in [1.29, 1.82) is 0 Å². The first kappa shape index (κ1) is 19.8. The second-order valence-corrected chi connectivity index (χ2v) is 12.6. The van der Waals surface area contributed by atoms with Gasteiger partial charge in [0, 0.05) is 0 Å². The van der Waals surface area contributed by atoms with E-state index in [9.17, 15) is 9.90 Å². The van der Waals surface area contributed by atoms with Gasteiger partial charge in [-0.2, -0.15) is 0 Å². The second-order valence-electron chi connectivity index (χ2n) is 7.76. The van der Waals surface area contributed by atoms with Gasteiger partial charge in [0.05, 0.1) is 12.2 Å². The van der Waals surface area contributed by atoms with Gasteiger partial charge in [0.1, 0.15) is 12.2 Å². The van der Waals surface area contributed by atoms with Crippen molar-refractivity contribution < 1.29 is 23.8 Å². The summed E-state index contributed by atoms with van der Waals surface area (Å²) in [5, 5.41) is 10.2. The predicted molar refractivity (Wildman–Crippen MR) is 98.8 cm³/mol. The molecule has 0 unspecified atom stereocenters. The van der Waals surface area contributed by atoms with Crippen LogP contribution in [0.25, 0.3) is 0 Å². The van der Waals surface area contributed by atoms with Crippen LogP contribution in [0.3, 0.4) is 0 Å². The number of esters is 1. The first-order chi connectivity index (χ1) is 11.6. The van der Waals surface area contributed by atoms with Crippen LogP contribution in [0.1, 0.15) is 31.1 Å². The number of aliphatic hydroxyl groups excluding tert-OH is 1. The number of benzene rings is 1. The van der Waals surface area contributed by atoms with E-state index in [-0.39, 0.29) is 11.6 Å². The molecule has 0 aliphatic carbocycles. The zero-order valence-corrected chi connectivity index (χ0v) is 16.6. The van der Waals surface area contributed by atoms with Gasteiger partial charge < -0.3 is 19.0 Å². The summed E-state index contributed by atoms with van der Waals surface area (Å²) in [6, 6.07) is 8.74. The molecule has 0 aromatic heterocycles. The molecule has 5 nitrogen and oxygen atoms in total. The van der Waals surface area contributed by atoms with Crippen LogP contribution < -0.4 is 0 Å². The van der Waals surface area contributed by atoms with Gasteiger partial charge in [-0.15, -0.1) is 0 Å². The third kappa shape index (κ3) is 5.25. The van der Waals surface area contributed by atoms with Gasteiger partial charge >= 0.3 is 5.97 Å². The van der Waals surface area contributed by atoms with E-state index < -0.39 is 32.8 Å². The summed E-state index contributed by atoms with van der Waals surface area (Å²) >= 11 is 0. The fourth-order valence-corrected chi connectivity index (χ4v) is 3.10. The maximum atomic E-state index is 12.1. The Morgan fingerprint density at radius 1 is 1.20 bits per heavy atom. The molecule has 0 fully saturated rings. The summed E-state index contributed by atoms with van der Waals surface area (Å²) in [5.41, 5.74) is 0.458. The molecule has 25 heavy (non-hydrogen) atoms. The lowest BCUT2D eigenvalue weighted by molar-refractivity contribution is -0.156. The monoisotopic (exact) mass is 364 g/mol. The zero-order valence-electron chi connectivity index (χ0n) is 15.6. The first-order valence-corrected chi connectivity index (χ1v) is 11.4. The molecule has 0 radical (unpaired) electrons. The third-order valence-electron chi connectivity index (χ3n) is 4.80. The van der Waals surface area contributed by atoms with E-state index in [1.165, 1.54) is 0 Å². The van der Waals surface area contributed by atoms with Crippen molar-refractivity contribution in [3.05, 3.63) is 48.0 Å². The Hall–Kier alpha value is -1.47. The summed E-state index contributed by atoms with van der Waals surface area (Å²) in [6.07, 6.45) is 0.966. The van der Waals surface area contributed by atoms with Gasteiger partial charge in [-0.05, 0) is 36.3 Å². The number of rotatable bonds is 5. The number of aliphatic hydroxyl groups is 1. The van der Waals surface area contributed by atoms with Crippen LogP contribution in [-0.4, -0.2) is 44.5 Å². The van der Waals surface area contributed by atoms with Gasteiger partial charge in [-0.25, -0.2) is 4.79 Å². The molecule has 1 N–H and O–H groups in total. The van der Waals surface area contributed by atoms with Crippen LogP contribution in [0.2, 0.25) is 18.1 Å². The van der Waals surface area contributed by atoms with E-state index in [1.807, 2.05) is 6.07 Å². The quantitative estimate of drug-likeness (QED) is 0.492. The summed E-state index contributed by atoms with van der Waals surface area (Å²) in [7, 11) is -1.95. The summed E-state index contributed by atoms with van der Waals surface area (Å²) in [4.78, 5) is 12.1. The number of carbonyl (C=O) groups is 1. The van der Waals surface area contributed by atoms with Crippen LogP contribution in [0.15, 0.2) is 42.5 Å². The third-order valence-corrected chi connectivity index (χ3v) is 9.30. The summed E-state index contributed by atoms with van der Waals surface area (Å²) < 4.78 is 17.2. The standard InChI is InChI=1S/C19H28O5Si/c1-19(2,3)25(4,5)22-13-16-15(20)11-12-17(23-16)24-18(21)14-9-7-6-8-10-14/h6-12,15-17,20H,13H2,1-5H3/t15-,16+,17+/m0/s1. The average molecular weight is 365 g/mol. The second kappa shape index (κ2) is 7.82. The lowest BCUT2D eigenvalue weighted by Crippen LogP contribution is -2.46. The number of ether oxygens (including phenoxy) is 2. The van der Waals surface area contributed by atoms with Gasteiger partial charge in [-0.1, -0.05) is 45.0 Å². The van der Waals surface area contributed by atoms with Crippen LogP contribution >= 0.6 is 0 Å². The molecular formula is C19H28O5Si.